The molecule has 12 heavy (non-hydrogen) atoms. The van der Waals surface area contributed by atoms with Crippen LogP contribution in [-0.4, -0.2) is 31.6 Å². The SMILES string of the molecule is CC(C)C1O[C@H](CN)[C@@H](CN)O1. The highest BCUT2D eigenvalue weighted by atomic mass is 16.7. The summed E-state index contributed by atoms with van der Waals surface area (Å²) < 4.78 is 11.1. The summed E-state index contributed by atoms with van der Waals surface area (Å²) in [5, 5.41) is 0. The second-order valence-corrected chi connectivity index (χ2v) is 3.43. The fourth-order valence-corrected chi connectivity index (χ4v) is 1.28. The fraction of sp³-hybridized carbons (Fsp3) is 1.00. The molecule has 4 nitrogen and oxygen atoms in total. The van der Waals surface area contributed by atoms with Crippen LogP contribution < -0.4 is 11.5 Å². The smallest absolute Gasteiger partial charge is 0.160 e. The van der Waals surface area contributed by atoms with E-state index in [-0.39, 0.29) is 18.5 Å². The van der Waals surface area contributed by atoms with Crippen molar-refractivity contribution in [2.24, 2.45) is 17.4 Å². The molecule has 1 aliphatic rings. The van der Waals surface area contributed by atoms with Crippen LogP contribution in [0.4, 0.5) is 0 Å². The van der Waals surface area contributed by atoms with Gasteiger partial charge < -0.3 is 20.9 Å². The molecule has 4 heteroatoms. The van der Waals surface area contributed by atoms with Crippen LogP contribution in [0.5, 0.6) is 0 Å². The maximum absolute atomic E-state index is 5.55. The first kappa shape index (κ1) is 9.92. The Labute approximate surface area is 73.2 Å². The van der Waals surface area contributed by atoms with Gasteiger partial charge >= 0.3 is 0 Å². The molecular formula is C8H18N2O2. The largest absolute Gasteiger partial charge is 0.345 e. The molecule has 1 saturated heterocycles. The van der Waals surface area contributed by atoms with Crippen LogP contribution in [0, 0.1) is 5.92 Å². The molecule has 0 aromatic rings. The number of hydrogen-bond acceptors (Lipinski definition) is 4. The van der Waals surface area contributed by atoms with Crippen molar-refractivity contribution >= 4 is 0 Å². The van der Waals surface area contributed by atoms with E-state index in [1.807, 2.05) is 0 Å². The Morgan fingerprint density at radius 2 is 1.50 bits per heavy atom. The molecule has 0 radical (unpaired) electrons. The van der Waals surface area contributed by atoms with E-state index in [9.17, 15) is 0 Å². The molecule has 2 atom stereocenters. The molecule has 0 bridgehead atoms. The molecule has 1 aliphatic heterocycles. The third-order valence-corrected chi connectivity index (χ3v) is 2.04. The fourth-order valence-electron chi connectivity index (χ4n) is 1.28. The average Bonchev–Trinajstić information content (AvgIpc) is 2.46. The van der Waals surface area contributed by atoms with Crippen LogP contribution in [-0.2, 0) is 9.47 Å². The van der Waals surface area contributed by atoms with Crippen LogP contribution in [0.1, 0.15) is 13.8 Å². The highest BCUT2D eigenvalue weighted by molar-refractivity contribution is 4.79. The van der Waals surface area contributed by atoms with Gasteiger partial charge in [-0.2, -0.15) is 0 Å². The second-order valence-electron chi connectivity index (χ2n) is 3.43. The predicted octanol–water partition coefficient (Wildman–Crippen LogP) is -0.330. The molecule has 0 aromatic carbocycles. The summed E-state index contributed by atoms with van der Waals surface area (Å²) in [4.78, 5) is 0. The maximum atomic E-state index is 5.55. The molecule has 4 N–H and O–H groups in total. The van der Waals surface area contributed by atoms with Gasteiger partial charge in [0.1, 0.15) is 12.2 Å². The van der Waals surface area contributed by atoms with E-state index < -0.39 is 0 Å². The second kappa shape index (κ2) is 4.18. The number of hydrogen-bond donors (Lipinski definition) is 2. The molecule has 1 heterocycles. The van der Waals surface area contributed by atoms with E-state index in [0.717, 1.165) is 0 Å². The Hall–Kier alpha value is -0.160. The molecule has 0 saturated carbocycles. The molecule has 1 rings (SSSR count). The molecule has 0 aromatic heterocycles. The van der Waals surface area contributed by atoms with Gasteiger partial charge in [0.15, 0.2) is 6.29 Å². The van der Waals surface area contributed by atoms with Crippen LogP contribution in [0.25, 0.3) is 0 Å². The van der Waals surface area contributed by atoms with Crippen molar-refractivity contribution in [1.29, 1.82) is 0 Å². The minimum absolute atomic E-state index is 0.0256. The Morgan fingerprint density at radius 1 is 1.08 bits per heavy atom. The minimum Gasteiger partial charge on any atom is -0.345 e. The molecule has 0 amide bonds. The van der Waals surface area contributed by atoms with Crippen molar-refractivity contribution in [3.8, 4) is 0 Å². The molecule has 0 spiro atoms. The Morgan fingerprint density at radius 3 is 1.75 bits per heavy atom. The van der Waals surface area contributed by atoms with E-state index >= 15 is 0 Å². The summed E-state index contributed by atoms with van der Waals surface area (Å²) in [5.74, 6) is 0.357. The first-order valence-corrected chi connectivity index (χ1v) is 4.40. The number of ether oxygens (including phenoxy) is 2. The summed E-state index contributed by atoms with van der Waals surface area (Å²) >= 11 is 0. The summed E-state index contributed by atoms with van der Waals surface area (Å²) in [7, 11) is 0. The Kier molecular flexibility index (Phi) is 3.46. The first-order chi connectivity index (χ1) is 5.69. The van der Waals surface area contributed by atoms with Crippen LogP contribution in [0.3, 0.4) is 0 Å². The minimum atomic E-state index is -0.132. The molecular weight excluding hydrogens is 156 g/mol. The van der Waals surface area contributed by atoms with E-state index in [1.165, 1.54) is 0 Å². The summed E-state index contributed by atoms with van der Waals surface area (Å²) in [6, 6.07) is 0. The van der Waals surface area contributed by atoms with E-state index in [2.05, 4.69) is 13.8 Å². The van der Waals surface area contributed by atoms with Gasteiger partial charge in [-0.25, -0.2) is 0 Å². The summed E-state index contributed by atoms with van der Waals surface area (Å²) in [6.07, 6.45) is -0.183. The summed E-state index contributed by atoms with van der Waals surface area (Å²) in [6.45, 7) is 5.06. The van der Waals surface area contributed by atoms with Crippen LogP contribution in [0.2, 0.25) is 0 Å². The van der Waals surface area contributed by atoms with Crippen molar-refractivity contribution in [3.63, 3.8) is 0 Å². The third kappa shape index (κ3) is 1.95. The van der Waals surface area contributed by atoms with Gasteiger partial charge in [0.05, 0.1) is 0 Å². The van der Waals surface area contributed by atoms with Gasteiger partial charge in [-0.1, -0.05) is 13.8 Å². The molecule has 1 fully saturated rings. The lowest BCUT2D eigenvalue weighted by molar-refractivity contribution is -0.0934. The topological polar surface area (TPSA) is 70.5 Å². The highest BCUT2D eigenvalue weighted by Gasteiger charge is 2.35. The lowest BCUT2D eigenvalue weighted by Crippen LogP contribution is -2.35. The zero-order valence-corrected chi connectivity index (χ0v) is 7.69. The van der Waals surface area contributed by atoms with Crippen molar-refractivity contribution in [2.75, 3.05) is 13.1 Å². The van der Waals surface area contributed by atoms with Crippen molar-refractivity contribution in [1.82, 2.24) is 0 Å². The van der Waals surface area contributed by atoms with E-state index in [0.29, 0.717) is 19.0 Å². The van der Waals surface area contributed by atoms with Gasteiger partial charge in [-0.05, 0) is 0 Å². The Balaban J connectivity index is 2.47. The highest BCUT2D eigenvalue weighted by Crippen LogP contribution is 2.22. The summed E-state index contributed by atoms with van der Waals surface area (Å²) in [5.41, 5.74) is 11.0. The van der Waals surface area contributed by atoms with E-state index in [4.69, 9.17) is 20.9 Å². The lowest BCUT2D eigenvalue weighted by atomic mass is 10.2. The third-order valence-electron chi connectivity index (χ3n) is 2.04. The van der Waals surface area contributed by atoms with Gasteiger partial charge in [0, 0.05) is 19.0 Å². The molecule has 0 aliphatic carbocycles. The van der Waals surface area contributed by atoms with Crippen LogP contribution >= 0.6 is 0 Å². The van der Waals surface area contributed by atoms with Gasteiger partial charge in [-0.3, -0.25) is 0 Å². The number of rotatable bonds is 3. The predicted molar refractivity (Wildman–Crippen MR) is 46.5 cm³/mol. The molecule has 0 unspecified atom stereocenters. The standard InChI is InChI=1S/C8H18N2O2/c1-5(2)8-11-6(3-9)7(4-10)12-8/h5-8H,3-4,9-10H2,1-2H3/t6-,7-/m1/s1. The quantitative estimate of drug-likeness (QED) is 0.614. The number of nitrogens with two attached hydrogens (primary N) is 2. The van der Waals surface area contributed by atoms with Crippen molar-refractivity contribution in [2.45, 2.75) is 32.3 Å². The zero-order chi connectivity index (χ0) is 9.14. The Bertz CT molecular complexity index is 129. The average molecular weight is 174 g/mol. The normalized spacial score (nSPS) is 31.8. The zero-order valence-electron chi connectivity index (χ0n) is 7.69. The first-order valence-electron chi connectivity index (χ1n) is 4.40. The van der Waals surface area contributed by atoms with Crippen molar-refractivity contribution in [3.05, 3.63) is 0 Å². The molecule has 72 valence electrons. The van der Waals surface area contributed by atoms with Gasteiger partial charge in [0.25, 0.3) is 0 Å². The van der Waals surface area contributed by atoms with Gasteiger partial charge in [0.2, 0.25) is 0 Å². The van der Waals surface area contributed by atoms with Crippen LogP contribution in [0.15, 0.2) is 0 Å². The van der Waals surface area contributed by atoms with Gasteiger partial charge in [-0.15, -0.1) is 0 Å². The monoisotopic (exact) mass is 174 g/mol. The lowest BCUT2D eigenvalue weighted by Gasteiger charge is -2.13. The van der Waals surface area contributed by atoms with E-state index in [1.54, 1.807) is 0 Å². The maximum Gasteiger partial charge on any atom is 0.160 e. The van der Waals surface area contributed by atoms with Crippen molar-refractivity contribution < 1.29 is 9.47 Å².